The van der Waals surface area contributed by atoms with Crippen molar-refractivity contribution in [1.82, 2.24) is 10.2 Å². The lowest BCUT2D eigenvalue weighted by Crippen LogP contribution is -2.33. The normalized spacial score (nSPS) is 22.9. The summed E-state index contributed by atoms with van der Waals surface area (Å²) in [6.45, 7) is 4.12. The number of likely N-dealkylation sites (tertiary alicyclic amines) is 1. The van der Waals surface area contributed by atoms with Gasteiger partial charge in [-0.1, -0.05) is 12.8 Å². The quantitative estimate of drug-likeness (QED) is 0.817. The van der Waals surface area contributed by atoms with Crippen LogP contribution in [0.2, 0.25) is 0 Å². The minimum Gasteiger partial charge on any atom is -0.381 e. The molecular formula is C17H30N2O3. The van der Waals surface area contributed by atoms with Crippen molar-refractivity contribution in [2.45, 2.75) is 57.8 Å². The molecule has 2 amide bonds. The van der Waals surface area contributed by atoms with Crippen LogP contribution in [0, 0.1) is 5.92 Å². The molecule has 0 spiro atoms. The summed E-state index contributed by atoms with van der Waals surface area (Å²) in [7, 11) is 0. The van der Waals surface area contributed by atoms with E-state index in [1.165, 1.54) is 19.3 Å². The molecule has 0 aromatic rings. The number of hydrogen-bond donors (Lipinski definition) is 1. The van der Waals surface area contributed by atoms with Gasteiger partial charge < -0.3 is 15.0 Å². The molecule has 1 atom stereocenters. The number of hydrogen-bond acceptors (Lipinski definition) is 3. The van der Waals surface area contributed by atoms with Crippen molar-refractivity contribution in [2.75, 3.05) is 32.8 Å². The molecule has 126 valence electrons. The molecule has 0 radical (unpaired) electrons. The van der Waals surface area contributed by atoms with Crippen LogP contribution in [0.3, 0.4) is 0 Å². The van der Waals surface area contributed by atoms with Crippen molar-refractivity contribution in [3.63, 3.8) is 0 Å². The maximum atomic E-state index is 12.1. The Balaban J connectivity index is 1.55. The molecule has 2 aliphatic heterocycles. The summed E-state index contributed by atoms with van der Waals surface area (Å²) in [5.41, 5.74) is 0. The monoisotopic (exact) mass is 310 g/mol. The first-order chi connectivity index (χ1) is 10.8. The molecule has 0 aromatic heterocycles. The minimum absolute atomic E-state index is 0.0000928. The van der Waals surface area contributed by atoms with Crippen LogP contribution in [-0.2, 0) is 14.3 Å². The Bertz CT molecular complexity index is 346. The number of carbonyl (C=O) groups excluding carboxylic acids is 2. The van der Waals surface area contributed by atoms with E-state index in [0.717, 1.165) is 52.0 Å². The molecule has 5 heteroatoms. The highest BCUT2D eigenvalue weighted by atomic mass is 16.5. The van der Waals surface area contributed by atoms with Crippen LogP contribution >= 0.6 is 0 Å². The van der Waals surface area contributed by atoms with Gasteiger partial charge in [-0.3, -0.25) is 9.59 Å². The van der Waals surface area contributed by atoms with Crippen LogP contribution in [0.4, 0.5) is 0 Å². The first kappa shape index (κ1) is 17.3. The SMILES string of the molecule is O=C(CCC(=O)N1CCCCCC1)NCC[C@@H]1CCCOC1. The van der Waals surface area contributed by atoms with Crippen molar-refractivity contribution in [1.29, 1.82) is 0 Å². The number of rotatable bonds is 6. The van der Waals surface area contributed by atoms with Crippen molar-refractivity contribution in [3.8, 4) is 0 Å². The smallest absolute Gasteiger partial charge is 0.223 e. The van der Waals surface area contributed by atoms with Gasteiger partial charge in [-0.2, -0.15) is 0 Å². The van der Waals surface area contributed by atoms with Gasteiger partial charge in [0.05, 0.1) is 0 Å². The molecule has 2 fully saturated rings. The third kappa shape index (κ3) is 6.34. The van der Waals surface area contributed by atoms with Gasteiger partial charge in [0.15, 0.2) is 0 Å². The summed E-state index contributed by atoms with van der Waals surface area (Å²) in [6, 6.07) is 0. The van der Waals surface area contributed by atoms with E-state index in [-0.39, 0.29) is 11.8 Å². The Morgan fingerprint density at radius 1 is 1.05 bits per heavy atom. The largest absolute Gasteiger partial charge is 0.381 e. The first-order valence-corrected chi connectivity index (χ1v) is 8.88. The van der Waals surface area contributed by atoms with E-state index in [1.54, 1.807) is 0 Å². The molecule has 0 unspecified atom stereocenters. The van der Waals surface area contributed by atoms with E-state index in [9.17, 15) is 9.59 Å². The zero-order chi connectivity index (χ0) is 15.6. The van der Waals surface area contributed by atoms with E-state index in [1.807, 2.05) is 4.90 Å². The van der Waals surface area contributed by atoms with Gasteiger partial charge in [-0.25, -0.2) is 0 Å². The van der Waals surface area contributed by atoms with Gasteiger partial charge in [0, 0.05) is 45.7 Å². The van der Waals surface area contributed by atoms with Crippen LogP contribution in [0.15, 0.2) is 0 Å². The number of carbonyl (C=O) groups is 2. The Labute approximate surface area is 133 Å². The Kier molecular flexibility index (Phi) is 7.71. The zero-order valence-electron chi connectivity index (χ0n) is 13.6. The summed E-state index contributed by atoms with van der Waals surface area (Å²) in [5.74, 6) is 0.713. The van der Waals surface area contributed by atoms with Crippen LogP contribution < -0.4 is 5.32 Å². The third-order valence-corrected chi connectivity index (χ3v) is 4.65. The molecule has 1 N–H and O–H groups in total. The molecule has 2 saturated heterocycles. The van der Waals surface area contributed by atoms with Crippen molar-refractivity contribution >= 4 is 11.8 Å². The van der Waals surface area contributed by atoms with Gasteiger partial charge in [0.1, 0.15) is 0 Å². The fourth-order valence-electron chi connectivity index (χ4n) is 3.24. The Morgan fingerprint density at radius 3 is 2.50 bits per heavy atom. The lowest BCUT2D eigenvalue weighted by molar-refractivity contribution is -0.133. The fourth-order valence-corrected chi connectivity index (χ4v) is 3.24. The standard InChI is InChI=1S/C17H30N2O3/c20-16(18-10-9-15-6-5-13-22-14-15)7-8-17(21)19-11-3-1-2-4-12-19/h15H,1-14H2,(H,18,20)/t15-/m0/s1. The topological polar surface area (TPSA) is 58.6 Å². The maximum Gasteiger partial charge on any atom is 0.223 e. The van der Waals surface area contributed by atoms with Gasteiger partial charge in [0.25, 0.3) is 0 Å². The summed E-state index contributed by atoms with van der Waals surface area (Å²) in [5, 5.41) is 2.94. The molecule has 0 aromatic carbocycles. The minimum atomic E-state index is -0.0000928. The first-order valence-electron chi connectivity index (χ1n) is 8.88. The number of ether oxygens (including phenoxy) is 1. The number of nitrogens with one attached hydrogen (secondary N) is 1. The summed E-state index contributed by atoms with van der Waals surface area (Å²) >= 11 is 0. The highest BCUT2D eigenvalue weighted by Crippen LogP contribution is 2.16. The predicted octanol–water partition coefficient (Wildman–Crippen LogP) is 2.10. The predicted molar refractivity (Wildman–Crippen MR) is 85.5 cm³/mol. The molecular weight excluding hydrogens is 280 g/mol. The van der Waals surface area contributed by atoms with Crippen LogP contribution in [-0.4, -0.2) is 49.6 Å². The molecule has 0 aliphatic carbocycles. The molecule has 2 heterocycles. The second-order valence-corrected chi connectivity index (χ2v) is 6.52. The van der Waals surface area contributed by atoms with E-state index in [2.05, 4.69) is 5.32 Å². The van der Waals surface area contributed by atoms with Crippen LogP contribution in [0.5, 0.6) is 0 Å². The average molecular weight is 310 g/mol. The molecule has 0 bridgehead atoms. The lowest BCUT2D eigenvalue weighted by atomic mass is 9.99. The average Bonchev–Trinajstić information content (AvgIpc) is 2.83. The Morgan fingerprint density at radius 2 is 1.82 bits per heavy atom. The summed E-state index contributed by atoms with van der Waals surface area (Å²) in [4.78, 5) is 25.9. The van der Waals surface area contributed by atoms with E-state index in [0.29, 0.717) is 25.3 Å². The fraction of sp³-hybridized carbons (Fsp3) is 0.882. The van der Waals surface area contributed by atoms with E-state index >= 15 is 0 Å². The highest BCUT2D eigenvalue weighted by molar-refractivity contribution is 5.83. The van der Waals surface area contributed by atoms with E-state index < -0.39 is 0 Å². The third-order valence-electron chi connectivity index (χ3n) is 4.65. The molecule has 2 aliphatic rings. The lowest BCUT2D eigenvalue weighted by Gasteiger charge is -2.22. The Hall–Kier alpha value is -1.10. The maximum absolute atomic E-state index is 12.1. The zero-order valence-corrected chi connectivity index (χ0v) is 13.6. The van der Waals surface area contributed by atoms with Crippen molar-refractivity contribution in [3.05, 3.63) is 0 Å². The van der Waals surface area contributed by atoms with Gasteiger partial charge >= 0.3 is 0 Å². The van der Waals surface area contributed by atoms with Crippen LogP contribution in [0.1, 0.15) is 57.8 Å². The molecule has 22 heavy (non-hydrogen) atoms. The van der Waals surface area contributed by atoms with Crippen LogP contribution in [0.25, 0.3) is 0 Å². The number of nitrogens with zero attached hydrogens (tertiary/aromatic N) is 1. The molecule has 0 saturated carbocycles. The number of amides is 2. The second-order valence-electron chi connectivity index (χ2n) is 6.52. The van der Waals surface area contributed by atoms with Crippen molar-refractivity contribution < 1.29 is 14.3 Å². The van der Waals surface area contributed by atoms with Crippen molar-refractivity contribution in [2.24, 2.45) is 5.92 Å². The van der Waals surface area contributed by atoms with Gasteiger partial charge in [-0.15, -0.1) is 0 Å². The summed E-state index contributed by atoms with van der Waals surface area (Å²) in [6.07, 6.45) is 8.60. The summed E-state index contributed by atoms with van der Waals surface area (Å²) < 4.78 is 5.43. The van der Waals surface area contributed by atoms with Gasteiger partial charge in [0.2, 0.25) is 11.8 Å². The van der Waals surface area contributed by atoms with Gasteiger partial charge in [-0.05, 0) is 38.0 Å². The van der Waals surface area contributed by atoms with E-state index in [4.69, 9.17) is 4.74 Å². The highest BCUT2D eigenvalue weighted by Gasteiger charge is 2.17. The second kappa shape index (κ2) is 9.82. The molecule has 5 nitrogen and oxygen atoms in total. The molecule has 2 rings (SSSR count).